The minimum absolute atomic E-state index is 0.457. The summed E-state index contributed by atoms with van der Waals surface area (Å²) in [5, 5.41) is 8.45. The maximum Gasteiger partial charge on any atom is 0.239 e. The lowest BCUT2D eigenvalue weighted by atomic mass is 10.4. The van der Waals surface area contributed by atoms with E-state index in [1.54, 1.807) is 0 Å². The maximum atomic E-state index is 12.1. The molecule has 0 aliphatic rings. The molecule has 0 aliphatic carbocycles. The molecule has 5 heteroatoms. The molecule has 1 heterocycles. The Bertz CT molecular complexity index is 307. The first kappa shape index (κ1) is 6.73. The molecule has 10 heavy (non-hydrogen) atoms. The van der Waals surface area contributed by atoms with Crippen LogP contribution in [0.15, 0.2) is 10.9 Å². The van der Waals surface area contributed by atoms with Crippen LogP contribution >= 0.6 is 0 Å². The molecule has 2 N–H and O–H groups in total. The second-order valence-electron chi connectivity index (χ2n) is 1.64. The first-order valence-corrected chi connectivity index (χ1v) is 2.38. The molecule has 0 aliphatic heterocycles. The third kappa shape index (κ3) is 0.975. The van der Waals surface area contributed by atoms with Gasteiger partial charge in [-0.05, 0) is 0 Å². The van der Waals surface area contributed by atoms with E-state index in [0.29, 0.717) is 6.07 Å². The summed E-state index contributed by atoms with van der Waals surface area (Å²) < 4.78 is 24.1. The van der Waals surface area contributed by atoms with Gasteiger partial charge in [-0.2, -0.15) is 8.78 Å². The second kappa shape index (κ2) is 2.09. The van der Waals surface area contributed by atoms with Crippen LogP contribution in [-0.4, -0.2) is 10.1 Å². The number of hydrogen-bond donors (Lipinski definition) is 2. The molecule has 1 aromatic heterocycles. The largest absolute Gasteiger partial charge is 0.501 e. The first-order chi connectivity index (χ1) is 4.61. The summed E-state index contributed by atoms with van der Waals surface area (Å²) in [6.07, 6.45) is 0. The Kier molecular flexibility index (Phi) is 1.41. The molecule has 0 atom stereocenters. The fourth-order valence-corrected chi connectivity index (χ4v) is 0.492. The molecule has 1 aromatic rings. The SMILES string of the molecule is O=c1cc(F)[nH]c(F)c1O. The van der Waals surface area contributed by atoms with E-state index < -0.39 is 23.1 Å². The monoisotopic (exact) mass is 147 g/mol. The van der Waals surface area contributed by atoms with Crippen molar-refractivity contribution in [3.63, 3.8) is 0 Å². The predicted molar refractivity (Wildman–Crippen MR) is 28.6 cm³/mol. The molecule has 0 saturated carbocycles. The lowest BCUT2D eigenvalue weighted by Crippen LogP contribution is -2.04. The van der Waals surface area contributed by atoms with Gasteiger partial charge < -0.3 is 10.1 Å². The topological polar surface area (TPSA) is 53.1 Å². The zero-order chi connectivity index (χ0) is 7.72. The Morgan fingerprint density at radius 1 is 1.50 bits per heavy atom. The van der Waals surface area contributed by atoms with Crippen molar-refractivity contribution in [1.29, 1.82) is 0 Å². The Balaban J connectivity index is 3.46. The van der Waals surface area contributed by atoms with Crippen LogP contribution in [0.2, 0.25) is 0 Å². The van der Waals surface area contributed by atoms with Crippen LogP contribution in [0.3, 0.4) is 0 Å². The van der Waals surface area contributed by atoms with Crippen LogP contribution in [0.1, 0.15) is 0 Å². The summed E-state index contributed by atoms with van der Waals surface area (Å²) in [4.78, 5) is 11.8. The number of nitrogens with one attached hydrogen (secondary N) is 1. The average molecular weight is 147 g/mol. The van der Waals surface area contributed by atoms with Gasteiger partial charge in [-0.3, -0.25) is 4.79 Å². The van der Waals surface area contributed by atoms with Crippen molar-refractivity contribution in [3.8, 4) is 5.75 Å². The lowest BCUT2D eigenvalue weighted by molar-refractivity contribution is 0.400. The van der Waals surface area contributed by atoms with Gasteiger partial charge in [-0.25, -0.2) is 0 Å². The number of aromatic hydroxyl groups is 1. The molecule has 54 valence electrons. The van der Waals surface area contributed by atoms with Gasteiger partial charge in [0.25, 0.3) is 0 Å². The van der Waals surface area contributed by atoms with Crippen molar-refractivity contribution in [2.75, 3.05) is 0 Å². The van der Waals surface area contributed by atoms with Crippen LogP contribution in [0, 0.1) is 11.9 Å². The minimum Gasteiger partial charge on any atom is -0.501 e. The molecule has 0 aromatic carbocycles. The zero-order valence-corrected chi connectivity index (χ0v) is 4.69. The van der Waals surface area contributed by atoms with E-state index in [2.05, 4.69) is 0 Å². The summed E-state index contributed by atoms with van der Waals surface area (Å²) >= 11 is 0. The van der Waals surface area contributed by atoms with Crippen LogP contribution in [0.25, 0.3) is 0 Å². The van der Waals surface area contributed by atoms with E-state index in [4.69, 9.17) is 5.11 Å². The molecule has 0 fully saturated rings. The third-order valence-electron chi connectivity index (χ3n) is 0.928. The van der Waals surface area contributed by atoms with Gasteiger partial charge in [0.2, 0.25) is 17.1 Å². The quantitative estimate of drug-likeness (QED) is 0.520. The normalized spacial score (nSPS) is 9.80. The van der Waals surface area contributed by atoms with E-state index in [-0.39, 0.29) is 0 Å². The second-order valence-corrected chi connectivity index (χ2v) is 1.64. The summed E-state index contributed by atoms with van der Waals surface area (Å²) in [5.74, 6) is -3.56. The van der Waals surface area contributed by atoms with Crippen LogP contribution < -0.4 is 5.43 Å². The number of hydrogen-bond acceptors (Lipinski definition) is 2. The maximum absolute atomic E-state index is 12.1. The van der Waals surface area contributed by atoms with Gasteiger partial charge in [0.05, 0.1) is 0 Å². The standard InChI is InChI=1S/C5H3F2NO2/c6-3-1-2(9)4(10)5(7)8-3/h1,10H,(H,8,9). The fourth-order valence-electron chi connectivity index (χ4n) is 0.492. The third-order valence-corrected chi connectivity index (χ3v) is 0.928. The van der Waals surface area contributed by atoms with Crippen molar-refractivity contribution in [2.24, 2.45) is 0 Å². The molecule has 0 amide bonds. The molecule has 3 nitrogen and oxygen atoms in total. The number of aromatic nitrogens is 1. The molecule has 0 spiro atoms. The van der Waals surface area contributed by atoms with E-state index in [0.717, 1.165) is 0 Å². The number of rotatable bonds is 0. The molecule has 0 unspecified atom stereocenters. The highest BCUT2D eigenvalue weighted by Crippen LogP contribution is 2.04. The number of H-pyrrole nitrogens is 1. The summed E-state index contributed by atoms with van der Waals surface area (Å²) in [6.45, 7) is 0. The summed E-state index contributed by atoms with van der Waals surface area (Å²) in [6, 6.07) is 0.457. The Hall–Kier alpha value is -1.39. The van der Waals surface area contributed by atoms with Crippen molar-refractivity contribution in [1.82, 2.24) is 4.98 Å². The average Bonchev–Trinajstić information content (AvgIpc) is 1.82. The van der Waals surface area contributed by atoms with Crippen molar-refractivity contribution in [3.05, 3.63) is 28.2 Å². The molecule has 0 bridgehead atoms. The highest BCUT2D eigenvalue weighted by Gasteiger charge is 2.05. The lowest BCUT2D eigenvalue weighted by Gasteiger charge is -1.91. The highest BCUT2D eigenvalue weighted by atomic mass is 19.1. The highest BCUT2D eigenvalue weighted by molar-refractivity contribution is 5.16. The number of halogens is 2. The number of pyridine rings is 1. The summed E-state index contributed by atoms with van der Waals surface area (Å²) in [5.41, 5.74) is -1.08. The van der Waals surface area contributed by atoms with Crippen LogP contribution in [-0.2, 0) is 0 Å². The van der Waals surface area contributed by atoms with E-state index in [1.165, 1.54) is 4.98 Å². The first-order valence-electron chi connectivity index (χ1n) is 2.38. The molecular formula is C5H3F2NO2. The molecular weight excluding hydrogens is 144 g/mol. The van der Waals surface area contributed by atoms with Gasteiger partial charge in [0, 0.05) is 6.07 Å². The zero-order valence-electron chi connectivity index (χ0n) is 4.69. The van der Waals surface area contributed by atoms with Gasteiger partial charge in [-0.15, -0.1) is 0 Å². The predicted octanol–water partition coefficient (Wildman–Crippen LogP) is 0.359. The van der Waals surface area contributed by atoms with Crippen LogP contribution in [0.5, 0.6) is 5.75 Å². The van der Waals surface area contributed by atoms with Gasteiger partial charge in [-0.1, -0.05) is 0 Å². The van der Waals surface area contributed by atoms with Crippen molar-refractivity contribution < 1.29 is 13.9 Å². The van der Waals surface area contributed by atoms with E-state index >= 15 is 0 Å². The van der Waals surface area contributed by atoms with Crippen molar-refractivity contribution in [2.45, 2.75) is 0 Å². The van der Waals surface area contributed by atoms with Crippen LogP contribution in [0.4, 0.5) is 8.78 Å². The number of aromatic amines is 1. The van der Waals surface area contributed by atoms with Gasteiger partial charge in [0.1, 0.15) is 0 Å². The van der Waals surface area contributed by atoms with Gasteiger partial charge in [0.15, 0.2) is 5.95 Å². The van der Waals surface area contributed by atoms with Gasteiger partial charge >= 0.3 is 0 Å². The minimum atomic E-state index is -1.36. The Morgan fingerprint density at radius 2 is 2.10 bits per heavy atom. The molecule has 1 rings (SSSR count). The van der Waals surface area contributed by atoms with E-state index in [9.17, 15) is 13.6 Å². The summed E-state index contributed by atoms with van der Waals surface area (Å²) in [7, 11) is 0. The Labute approximate surface area is 53.9 Å². The van der Waals surface area contributed by atoms with Crippen molar-refractivity contribution >= 4 is 0 Å². The van der Waals surface area contributed by atoms with E-state index in [1.807, 2.05) is 0 Å². The molecule has 0 radical (unpaired) electrons. The Morgan fingerprint density at radius 3 is 2.60 bits per heavy atom. The molecule has 0 saturated heterocycles. The fraction of sp³-hybridized carbons (Fsp3) is 0. The smallest absolute Gasteiger partial charge is 0.239 e.